The lowest BCUT2D eigenvalue weighted by atomic mass is 10.1. The van der Waals surface area contributed by atoms with Crippen molar-refractivity contribution in [3.05, 3.63) is 41.8 Å². The minimum Gasteiger partial charge on any atom is -0.424 e. The number of piperidine rings is 1. The summed E-state index contributed by atoms with van der Waals surface area (Å²) in [7, 11) is -0.727. The summed E-state index contributed by atoms with van der Waals surface area (Å²) < 4.78 is 29.2. The van der Waals surface area contributed by atoms with Crippen LogP contribution in [-0.4, -0.2) is 32.3 Å². The smallest absolute Gasteiger partial charge is 0.384 e. The number of hydrogen-bond acceptors (Lipinski definition) is 6. The molecule has 0 unspecified atom stereocenters. The second kappa shape index (κ2) is 7.51. The topological polar surface area (TPSA) is 64.8 Å². The molecule has 0 saturated carbocycles. The zero-order valence-corrected chi connectivity index (χ0v) is 15.0. The average molecular weight is 350 g/mol. The number of benzene rings is 1. The minimum atomic E-state index is -3.47. The third kappa shape index (κ3) is 3.56. The van der Waals surface area contributed by atoms with Crippen LogP contribution in [0.4, 0.5) is 5.88 Å². The van der Waals surface area contributed by atoms with Gasteiger partial charge in [0.05, 0.1) is 0 Å². The van der Waals surface area contributed by atoms with E-state index in [1.807, 2.05) is 30.3 Å². The van der Waals surface area contributed by atoms with E-state index < -0.39 is 7.60 Å². The highest BCUT2D eigenvalue weighted by Crippen LogP contribution is 2.47. The highest BCUT2D eigenvalue weighted by molar-refractivity contribution is 7.62. The summed E-state index contributed by atoms with van der Waals surface area (Å²) in [6, 6.07) is 9.93. The van der Waals surface area contributed by atoms with E-state index in [1.54, 1.807) is 0 Å². The van der Waals surface area contributed by atoms with Crippen molar-refractivity contribution in [3.8, 4) is 0 Å². The van der Waals surface area contributed by atoms with E-state index >= 15 is 0 Å². The summed E-state index contributed by atoms with van der Waals surface area (Å²) >= 11 is 0. The van der Waals surface area contributed by atoms with Crippen LogP contribution in [0.1, 0.15) is 30.7 Å². The molecule has 1 fully saturated rings. The highest BCUT2D eigenvalue weighted by atomic mass is 31.2. The molecule has 0 amide bonds. The van der Waals surface area contributed by atoms with Gasteiger partial charge in [0.1, 0.15) is 0 Å². The van der Waals surface area contributed by atoms with Crippen molar-refractivity contribution < 1.29 is 18.0 Å². The highest BCUT2D eigenvalue weighted by Gasteiger charge is 2.36. The Bertz CT molecular complexity index is 703. The Balaban J connectivity index is 1.97. The van der Waals surface area contributed by atoms with Crippen LogP contribution in [-0.2, 0) is 20.0 Å². The van der Waals surface area contributed by atoms with Gasteiger partial charge in [0, 0.05) is 33.7 Å². The second-order valence-electron chi connectivity index (χ2n) is 5.81. The molecule has 2 heterocycles. The maximum absolute atomic E-state index is 12.9. The molecule has 0 atom stereocenters. The number of aromatic nitrogens is 1. The van der Waals surface area contributed by atoms with Crippen molar-refractivity contribution in [1.82, 2.24) is 4.98 Å². The molecule has 0 bridgehead atoms. The van der Waals surface area contributed by atoms with Crippen LogP contribution < -0.4 is 10.3 Å². The number of nitrogens with zero attached hydrogens (tertiary/aromatic N) is 2. The molecule has 0 radical (unpaired) electrons. The first-order valence-corrected chi connectivity index (χ1v) is 9.71. The van der Waals surface area contributed by atoms with Gasteiger partial charge in [-0.3, -0.25) is 4.57 Å². The largest absolute Gasteiger partial charge is 0.424 e. The molecule has 7 heteroatoms. The molecule has 2 aromatic rings. The average Bonchev–Trinajstić information content (AvgIpc) is 3.07. The van der Waals surface area contributed by atoms with Crippen LogP contribution in [0.25, 0.3) is 0 Å². The van der Waals surface area contributed by atoms with Crippen LogP contribution in [0.2, 0.25) is 0 Å². The minimum absolute atomic E-state index is 0.278. The molecular formula is C17H23N2O4P. The quantitative estimate of drug-likeness (QED) is 0.744. The molecular weight excluding hydrogens is 327 g/mol. The Morgan fingerprint density at radius 3 is 2.42 bits per heavy atom. The second-order valence-corrected chi connectivity index (χ2v) is 7.96. The van der Waals surface area contributed by atoms with Crippen LogP contribution >= 0.6 is 7.60 Å². The lowest BCUT2D eigenvalue weighted by Crippen LogP contribution is -2.32. The molecule has 0 aliphatic carbocycles. The Morgan fingerprint density at radius 1 is 1.12 bits per heavy atom. The van der Waals surface area contributed by atoms with Crippen LogP contribution in [0.5, 0.6) is 0 Å². The molecule has 3 rings (SSSR count). The van der Waals surface area contributed by atoms with Crippen molar-refractivity contribution in [2.75, 3.05) is 32.2 Å². The fourth-order valence-corrected chi connectivity index (χ4v) is 4.07. The summed E-state index contributed by atoms with van der Waals surface area (Å²) in [6.45, 7) is 1.72. The van der Waals surface area contributed by atoms with E-state index in [1.165, 1.54) is 20.6 Å². The SMILES string of the molecule is COP(=O)(OC)c1nc(Cc2ccccc2)oc1N1CCCCC1. The first kappa shape index (κ1) is 17.2. The summed E-state index contributed by atoms with van der Waals surface area (Å²) in [5, 5.41) is 0. The molecule has 6 nitrogen and oxygen atoms in total. The molecule has 1 aromatic heterocycles. The molecule has 1 aliphatic rings. The van der Waals surface area contributed by atoms with Gasteiger partial charge in [0.15, 0.2) is 0 Å². The fraction of sp³-hybridized carbons (Fsp3) is 0.471. The Labute approximate surface area is 142 Å². The van der Waals surface area contributed by atoms with E-state index in [0.29, 0.717) is 18.2 Å². The van der Waals surface area contributed by atoms with E-state index in [0.717, 1.165) is 31.5 Å². The van der Waals surface area contributed by atoms with E-state index in [-0.39, 0.29) is 5.44 Å². The third-order valence-electron chi connectivity index (χ3n) is 4.22. The molecule has 0 spiro atoms. The Hall–Kier alpha value is -1.62. The number of rotatable bonds is 6. The van der Waals surface area contributed by atoms with Crippen LogP contribution in [0, 0.1) is 0 Å². The first-order valence-electron chi connectivity index (χ1n) is 8.17. The summed E-state index contributed by atoms with van der Waals surface area (Å²) in [4.78, 5) is 6.56. The zero-order valence-electron chi connectivity index (χ0n) is 14.1. The standard InChI is InChI=1S/C17H23N2O4P/c1-21-24(20,22-2)16-17(19-11-7-4-8-12-19)23-15(18-16)13-14-9-5-3-6-10-14/h3,5-6,9-10H,4,7-8,11-13H2,1-2H3. The van der Waals surface area contributed by atoms with Crippen molar-refractivity contribution in [2.24, 2.45) is 0 Å². The fourth-order valence-electron chi connectivity index (χ4n) is 2.92. The summed E-state index contributed by atoms with van der Waals surface area (Å²) in [5.41, 5.74) is 1.36. The third-order valence-corrected chi connectivity index (χ3v) is 5.99. The Morgan fingerprint density at radius 2 is 1.79 bits per heavy atom. The van der Waals surface area contributed by atoms with Gasteiger partial charge < -0.3 is 18.4 Å². The lowest BCUT2D eigenvalue weighted by Gasteiger charge is -2.27. The monoisotopic (exact) mass is 350 g/mol. The number of anilines is 1. The van der Waals surface area contributed by atoms with Gasteiger partial charge >= 0.3 is 7.60 Å². The summed E-state index contributed by atoms with van der Waals surface area (Å²) in [6.07, 6.45) is 3.90. The lowest BCUT2D eigenvalue weighted by molar-refractivity contribution is 0.286. The van der Waals surface area contributed by atoms with Gasteiger partial charge in [-0.1, -0.05) is 30.3 Å². The van der Waals surface area contributed by atoms with Gasteiger partial charge in [0.25, 0.3) is 0 Å². The van der Waals surface area contributed by atoms with Crippen LogP contribution in [0.15, 0.2) is 34.7 Å². The van der Waals surface area contributed by atoms with Crippen molar-refractivity contribution >= 4 is 18.9 Å². The molecule has 130 valence electrons. The zero-order chi connectivity index (χ0) is 17.0. The number of hydrogen-bond donors (Lipinski definition) is 0. The molecule has 1 saturated heterocycles. The molecule has 1 aliphatic heterocycles. The van der Waals surface area contributed by atoms with Gasteiger partial charge in [-0.15, -0.1) is 0 Å². The Kier molecular flexibility index (Phi) is 5.39. The van der Waals surface area contributed by atoms with E-state index in [4.69, 9.17) is 13.5 Å². The first-order chi connectivity index (χ1) is 11.7. The predicted octanol–water partition coefficient (Wildman–Crippen LogP) is 3.37. The maximum Gasteiger partial charge on any atom is 0.384 e. The molecule has 1 aromatic carbocycles. The van der Waals surface area contributed by atoms with Crippen molar-refractivity contribution in [2.45, 2.75) is 25.7 Å². The van der Waals surface area contributed by atoms with E-state index in [9.17, 15) is 4.57 Å². The summed E-state index contributed by atoms with van der Waals surface area (Å²) in [5.74, 6) is 1.04. The van der Waals surface area contributed by atoms with Crippen molar-refractivity contribution in [3.63, 3.8) is 0 Å². The maximum atomic E-state index is 12.9. The van der Waals surface area contributed by atoms with Gasteiger partial charge in [0.2, 0.25) is 17.2 Å². The van der Waals surface area contributed by atoms with E-state index in [2.05, 4.69) is 9.88 Å². The molecule has 0 N–H and O–H groups in total. The molecule has 24 heavy (non-hydrogen) atoms. The van der Waals surface area contributed by atoms with Gasteiger partial charge in [-0.25, -0.2) is 4.98 Å². The van der Waals surface area contributed by atoms with Crippen molar-refractivity contribution in [1.29, 1.82) is 0 Å². The van der Waals surface area contributed by atoms with Gasteiger partial charge in [-0.05, 0) is 24.8 Å². The van der Waals surface area contributed by atoms with Crippen LogP contribution in [0.3, 0.4) is 0 Å². The van der Waals surface area contributed by atoms with Gasteiger partial charge in [-0.2, -0.15) is 0 Å². The normalized spacial score (nSPS) is 15.7. The number of oxazole rings is 1. The predicted molar refractivity (Wildman–Crippen MR) is 93.1 cm³/mol.